The van der Waals surface area contributed by atoms with Crippen molar-refractivity contribution in [3.05, 3.63) is 108 Å². The number of carbonyl (C=O) groups excluding carboxylic acids is 1. The van der Waals surface area contributed by atoms with Crippen molar-refractivity contribution in [2.75, 3.05) is 19.8 Å². The molecule has 0 aliphatic heterocycles. The fourth-order valence-corrected chi connectivity index (χ4v) is 5.25. The molecule has 9 heteroatoms. The van der Waals surface area contributed by atoms with Crippen molar-refractivity contribution < 1.29 is 38.8 Å². The molecule has 0 bridgehead atoms. The molecule has 0 saturated heterocycles. The Morgan fingerprint density at radius 1 is 0.617 bits per heavy atom. The highest BCUT2D eigenvalue weighted by atomic mass is 16.6. The second-order valence-electron chi connectivity index (χ2n) is 11.4. The lowest BCUT2D eigenvalue weighted by molar-refractivity contribution is -0.172. The molecule has 0 aromatic heterocycles. The molecule has 47 heavy (non-hydrogen) atoms. The molecule has 3 N–H and O–H groups in total. The van der Waals surface area contributed by atoms with Crippen LogP contribution in [0.4, 0.5) is 0 Å². The first-order chi connectivity index (χ1) is 22.9. The summed E-state index contributed by atoms with van der Waals surface area (Å²) in [5.74, 6) is -1.86. The van der Waals surface area contributed by atoms with Crippen molar-refractivity contribution in [1.82, 2.24) is 5.32 Å². The molecule has 2 unspecified atom stereocenters. The second-order valence-corrected chi connectivity index (χ2v) is 11.4. The zero-order valence-electron chi connectivity index (χ0n) is 26.5. The number of fused-ring (bicyclic) bond motifs is 1. The summed E-state index contributed by atoms with van der Waals surface area (Å²) in [6, 6.07) is 32.2. The molecule has 4 aromatic carbocycles. The zero-order chi connectivity index (χ0) is 33.3. The number of benzene rings is 4. The van der Waals surface area contributed by atoms with Crippen LogP contribution < -0.4 is 10.1 Å². The van der Waals surface area contributed by atoms with E-state index in [9.17, 15) is 19.5 Å². The van der Waals surface area contributed by atoms with Gasteiger partial charge in [-0.05, 0) is 84.7 Å². The van der Waals surface area contributed by atoms with Crippen LogP contribution in [0.5, 0.6) is 11.5 Å². The largest absolute Gasteiger partial charge is 0.480 e. The van der Waals surface area contributed by atoms with Crippen molar-refractivity contribution in [3.8, 4) is 11.5 Å². The van der Waals surface area contributed by atoms with Gasteiger partial charge in [-0.2, -0.15) is 0 Å². The minimum Gasteiger partial charge on any atom is -0.480 e. The van der Waals surface area contributed by atoms with E-state index in [1.807, 2.05) is 66.7 Å². The molecular weight excluding hydrogens is 598 g/mol. The summed E-state index contributed by atoms with van der Waals surface area (Å²) >= 11 is 0. The Morgan fingerprint density at radius 3 is 1.98 bits per heavy atom. The number of unbranched alkanes of at least 4 members (excludes halogenated alkanes) is 4. The molecule has 248 valence electrons. The van der Waals surface area contributed by atoms with Crippen LogP contribution in [0.3, 0.4) is 0 Å². The summed E-state index contributed by atoms with van der Waals surface area (Å²) in [5.41, 5.74) is 2.42. The maximum Gasteiger partial charge on any atom is 0.336 e. The summed E-state index contributed by atoms with van der Waals surface area (Å²) in [4.78, 5) is 36.0. The highest BCUT2D eigenvalue weighted by Crippen LogP contribution is 2.22. The monoisotopic (exact) mass is 641 g/mol. The third kappa shape index (κ3) is 12.2. The molecule has 0 aliphatic rings. The molecule has 0 aliphatic carbocycles. The van der Waals surface area contributed by atoms with E-state index in [1.165, 1.54) is 21.9 Å². The highest BCUT2D eigenvalue weighted by molar-refractivity contribution is 5.88. The van der Waals surface area contributed by atoms with E-state index < -0.39 is 36.7 Å². The fourth-order valence-electron chi connectivity index (χ4n) is 5.25. The van der Waals surface area contributed by atoms with Gasteiger partial charge in [0.15, 0.2) is 12.2 Å². The van der Waals surface area contributed by atoms with Crippen LogP contribution in [0, 0.1) is 0 Å². The first-order valence-electron chi connectivity index (χ1n) is 16.1. The number of nitrogens with one attached hydrogen (secondary N) is 1. The minimum atomic E-state index is -1.74. The molecular formula is C38H43NO8. The van der Waals surface area contributed by atoms with E-state index in [0.717, 1.165) is 50.0 Å². The number of aryl methyl sites for hydroxylation is 2. The van der Waals surface area contributed by atoms with Gasteiger partial charge in [0.05, 0.1) is 0 Å². The average molecular weight is 642 g/mol. The molecule has 2 atom stereocenters. The predicted octanol–water partition coefficient (Wildman–Crippen LogP) is 6.81. The number of carbonyl (C=O) groups is 3. The number of carboxylic acids is 2. The quantitative estimate of drug-likeness (QED) is 0.0846. The van der Waals surface area contributed by atoms with Crippen LogP contribution in [0.2, 0.25) is 0 Å². The maximum atomic E-state index is 13.0. The van der Waals surface area contributed by atoms with Crippen LogP contribution in [-0.4, -0.2) is 60.0 Å². The van der Waals surface area contributed by atoms with Crippen molar-refractivity contribution in [3.63, 3.8) is 0 Å². The zero-order valence-corrected chi connectivity index (χ0v) is 26.5. The van der Waals surface area contributed by atoms with E-state index >= 15 is 0 Å². The van der Waals surface area contributed by atoms with E-state index in [1.54, 1.807) is 0 Å². The molecule has 0 fully saturated rings. The maximum absolute atomic E-state index is 13.0. The Morgan fingerprint density at radius 2 is 1.26 bits per heavy atom. The topological polar surface area (TPSA) is 131 Å². The molecule has 0 radical (unpaired) electrons. The van der Waals surface area contributed by atoms with Crippen LogP contribution >= 0.6 is 0 Å². The van der Waals surface area contributed by atoms with E-state index in [-0.39, 0.29) is 6.61 Å². The Labute approximate surface area is 275 Å². The van der Waals surface area contributed by atoms with Crippen LogP contribution in [0.15, 0.2) is 97.1 Å². The van der Waals surface area contributed by atoms with Crippen molar-refractivity contribution in [2.24, 2.45) is 0 Å². The van der Waals surface area contributed by atoms with Crippen LogP contribution in [0.1, 0.15) is 49.7 Å². The van der Waals surface area contributed by atoms with Gasteiger partial charge in [-0.15, -0.1) is 0 Å². The molecule has 1 amide bonds. The van der Waals surface area contributed by atoms with E-state index in [2.05, 4.69) is 35.6 Å². The first-order valence-corrected chi connectivity index (χ1v) is 16.1. The fraction of sp³-hybridized carbons (Fsp3) is 0.342. The lowest BCUT2D eigenvalue weighted by Gasteiger charge is -2.23. The second kappa shape index (κ2) is 19.1. The number of hydrogen-bond donors (Lipinski definition) is 3. The Bertz CT molecular complexity index is 1560. The van der Waals surface area contributed by atoms with E-state index in [0.29, 0.717) is 19.4 Å². The third-order valence-electron chi connectivity index (χ3n) is 7.73. The number of ether oxygens (including phenoxy) is 3. The lowest BCUT2D eigenvalue weighted by atomic mass is 10.0. The molecule has 0 saturated carbocycles. The summed E-state index contributed by atoms with van der Waals surface area (Å²) in [6.07, 6.45) is 3.34. The standard InChI is InChI=1S/C38H43NO8/c40-34(41)27-46-36(38(43)44)35(45-25-11-3-5-13-29-18-21-30-14-8-9-15-31(30)26-29)37(42)39-24-10-2-4-12-28-19-22-33(23-20-28)47-32-16-6-1-7-17-32/h1,6-9,14-23,26,35-36H,2-5,10-13,24-25,27H2,(H,39,42)(H,40,41)(H,43,44). The summed E-state index contributed by atoms with van der Waals surface area (Å²) in [5, 5.41) is 23.9. The van der Waals surface area contributed by atoms with Gasteiger partial charge in [0.25, 0.3) is 5.91 Å². The number of hydrogen-bond acceptors (Lipinski definition) is 6. The van der Waals surface area contributed by atoms with Gasteiger partial charge in [0.1, 0.15) is 18.1 Å². The smallest absolute Gasteiger partial charge is 0.336 e. The number of amides is 1. The highest BCUT2D eigenvalue weighted by Gasteiger charge is 2.36. The lowest BCUT2D eigenvalue weighted by Crippen LogP contribution is -2.49. The minimum absolute atomic E-state index is 0.144. The Kier molecular flexibility index (Phi) is 14.2. The van der Waals surface area contributed by atoms with E-state index in [4.69, 9.17) is 19.3 Å². The SMILES string of the molecule is O=C(O)COC(C(=O)O)C(OCCCCCc1ccc2ccccc2c1)C(=O)NCCCCCc1ccc(Oc2ccccc2)cc1. The number of carboxylic acid groups (broad SMARTS) is 2. The molecule has 0 heterocycles. The van der Waals surface area contributed by atoms with Gasteiger partial charge >= 0.3 is 11.9 Å². The summed E-state index contributed by atoms with van der Waals surface area (Å²) < 4.78 is 16.6. The molecule has 0 spiro atoms. The van der Waals surface area contributed by atoms with Crippen LogP contribution in [0.25, 0.3) is 10.8 Å². The van der Waals surface area contributed by atoms with Crippen molar-refractivity contribution in [1.29, 1.82) is 0 Å². The van der Waals surface area contributed by atoms with Gasteiger partial charge < -0.3 is 29.7 Å². The first kappa shape index (κ1) is 35.1. The molecule has 4 aromatic rings. The van der Waals surface area contributed by atoms with Crippen LogP contribution in [-0.2, 0) is 36.7 Å². The van der Waals surface area contributed by atoms with Gasteiger partial charge in [0, 0.05) is 13.2 Å². The number of para-hydroxylation sites is 1. The number of aliphatic carboxylic acids is 2. The molecule has 9 nitrogen and oxygen atoms in total. The van der Waals surface area contributed by atoms with Gasteiger partial charge in [-0.3, -0.25) is 4.79 Å². The third-order valence-corrected chi connectivity index (χ3v) is 7.73. The normalized spacial score (nSPS) is 12.3. The summed E-state index contributed by atoms with van der Waals surface area (Å²) in [6.45, 7) is -0.375. The average Bonchev–Trinajstić information content (AvgIpc) is 3.07. The molecule has 4 rings (SSSR count). The number of rotatable bonds is 21. The van der Waals surface area contributed by atoms with Gasteiger partial charge in [0.2, 0.25) is 0 Å². The van der Waals surface area contributed by atoms with Crippen molar-refractivity contribution in [2.45, 2.75) is 63.6 Å². The van der Waals surface area contributed by atoms with Crippen molar-refractivity contribution >= 4 is 28.6 Å². The summed E-state index contributed by atoms with van der Waals surface area (Å²) in [7, 11) is 0. The van der Waals surface area contributed by atoms with Gasteiger partial charge in [-0.1, -0.05) is 85.6 Å². The Balaban J connectivity index is 1.17. The Hall–Kier alpha value is -4.73. The predicted molar refractivity (Wildman–Crippen MR) is 180 cm³/mol. The van der Waals surface area contributed by atoms with Gasteiger partial charge in [-0.25, -0.2) is 9.59 Å².